The molecule has 1 aliphatic heterocycles. The van der Waals surface area contributed by atoms with Gasteiger partial charge < -0.3 is 0 Å². The highest BCUT2D eigenvalue weighted by molar-refractivity contribution is 5.98. The molecule has 0 saturated carbocycles. The van der Waals surface area contributed by atoms with E-state index in [1.807, 2.05) is 0 Å². The molecule has 59 heavy (non-hydrogen) atoms. The van der Waals surface area contributed by atoms with Gasteiger partial charge in [0.1, 0.15) is 5.82 Å². The van der Waals surface area contributed by atoms with Gasteiger partial charge in [-0.25, -0.2) is 4.98 Å². The van der Waals surface area contributed by atoms with Gasteiger partial charge >= 0.3 is 0 Å². The second-order valence-electron chi connectivity index (χ2n) is 16.2. The molecule has 2 aliphatic carbocycles. The molecular weight excluding hydrogens is 713 g/mol. The Hall–Kier alpha value is -7.55. The molecule has 0 N–H and O–H groups in total. The van der Waals surface area contributed by atoms with E-state index in [-0.39, 0.29) is 0 Å². The lowest BCUT2D eigenvalue weighted by Crippen LogP contribution is -2.33. The first-order valence-electron chi connectivity index (χ1n) is 20.6. The zero-order valence-corrected chi connectivity index (χ0v) is 32.2. The standard InChI is InChI=1S/C57H36N2/c1-4-17-37(18-5-1)55-58-52-29-16-28-49-54(52)59(55)53-30-15-14-27-48(53)57(49)47-26-13-11-24-43(47)45-34-32-39(36-51(45)57)38-31-33-44-42-23-10-12-25-46(42)56(50(44)35-38,40-19-6-2-7-20-40)41-21-8-3-9-22-41/h1-36H. The van der Waals surface area contributed by atoms with Gasteiger partial charge in [-0.05, 0) is 102 Å². The van der Waals surface area contributed by atoms with Crippen molar-refractivity contribution in [1.29, 1.82) is 0 Å². The minimum Gasteiger partial charge on any atom is -0.292 e. The number of hydrogen-bond donors (Lipinski definition) is 0. The van der Waals surface area contributed by atoms with Crippen molar-refractivity contribution in [3.8, 4) is 50.5 Å². The molecule has 9 aromatic carbocycles. The molecule has 1 unspecified atom stereocenters. The predicted molar refractivity (Wildman–Crippen MR) is 240 cm³/mol. The Balaban J connectivity index is 1.09. The van der Waals surface area contributed by atoms with Crippen molar-refractivity contribution in [2.24, 2.45) is 0 Å². The van der Waals surface area contributed by atoms with Crippen molar-refractivity contribution in [3.05, 3.63) is 263 Å². The second kappa shape index (κ2) is 12.0. The van der Waals surface area contributed by atoms with Crippen LogP contribution in [0.5, 0.6) is 0 Å². The minimum absolute atomic E-state index is 0.467. The maximum Gasteiger partial charge on any atom is 0.145 e. The van der Waals surface area contributed by atoms with Gasteiger partial charge in [0.2, 0.25) is 0 Å². The molecule has 1 spiro atoms. The molecule has 0 amide bonds. The van der Waals surface area contributed by atoms with Crippen molar-refractivity contribution in [1.82, 2.24) is 9.55 Å². The summed E-state index contributed by atoms with van der Waals surface area (Å²) >= 11 is 0. The number of benzene rings is 9. The first-order chi connectivity index (χ1) is 29.3. The van der Waals surface area contributed by atoms with Crippen LogP contribution in [0.25, 0.3) is 61.5 Å². The molecule has 2 heteroatoms. The van der Waals surface area contributed by atoms with E-state index in [9.17, 15) is 0 Å². The van der Waals surface area contributed by atoms with Crippen molar-refractivity contribution >= 4 is 11.0 Å². The van der Waals surface area contributed by atoms with Crippen LogP contribution >= 0.6 is 0 Å². The molecule has 2 nitrogen and oxygen atoms in total. The van der Waals surface area contributed by atoms with Crippen molar-refractivity contribution in [2.75, 3.05) is 0 Å². The number of para-hydroxylation sites is 2. The van der Waals surface area contributed by atoms with Crippen LogP contribution in [0, 0.1) is 0 Å². The summed E-state index contributed by atoms with van der Waals surface area (Å²) in [7, 11) is 0. The van der Waals surface area contributed by atoms with Gasteiger partial charge in [0, 0.05) is 5.56 Å². The highest BCUT2D eigenvalue weighted by Crippen LogP contribution is 2.62. The molecule has 0 fully saturated rings. The zero-order valence-electron chi connectivity index (χ0n) is 32.2. The number of hydrogen-bond acceptors (Lipinski definition) is 1. The summed E-state index contributed by atoms with van der Waals surface area (Å²) in [6.07, 6.45) is 0. The summed E-state index contributed by atoms with van der Waals surface area (Å²) < 4.78 is 2.41. The Labute approximate surface area is 343 Å². The molecular formula is C57H36N2. The van der Waals surface area contributed by atoms with Crippen molar-refractivity contribution in [2.45, 2.75) is 10.8 Å². The molecule has 1 atom stereocenters. The van der Waals surface area contributed by atoms with E-state index in [0.29, 0.717) is 0 Å². The SMILES string of the molecule is c1ccc(-c2nc3cccc4c3n2-c2ccccc2C42c3ccccc3-c3ccc(-c4ccc5c(c4)C(c4ccccc4)(c4ccccc4)c4ccccc4-5)cc32)cc1. The predicted octanol–water partition coefficient (Wildman–Crippen LogP) is 13.4. The third-order valence-electron chi connectivity index (χ3n) is 13.5. The molecule has 1 aromatic heterocycles. The fourth-order valence-corrected chi connectivity index (χ4v) is 11.2. The van der Waals surface area contributed by atoms with Crippen LogP contribution in [0.15, 0.2) is 218 Å². The monoisotopic (exact) mass is 748 g/mol. The quantitative estimate of drug-likeness (QED) is 0.175. The Morgan fingerprint density at radius 1 is 0.322 bits per heavy atom. The number of fused-ring (bicyclic) bond motifs is 12. The minimum atomic E-state index is -0.549. The Kier molecular flexibility index (Phi) is 6.61. The molecule has 274 valence electrons. The van der Waals surface area contributed by atoms with Crippen LogP contribution in [0.3, 0.4) is 0 Å². The molecule has 0 radical (unpaired) electrons. The van der Waals surface area contributed by atoms with Gasteiger partial charge in [0.05, 0.1) is 27.6 Å². The van der Waals surface area contributed by atoms with Crippen LogP contribution in [-0.4, -0.2) is 9.55 Å². The van der Waals surface area contributed by atoms with E-state index < -0.39 is 10.8 Å². The third-order valence-corrected chi connectivity index (χ3v) is 13.5. The smallest absolute Gasteiger partial charge is 0.145 e. The summed E-state index contributed by atoms with van der Waals surface area (Å²) in [6.45, 7) is 0. The van der Waals surface area contributed by atoms with Gasteiger partial charge in [-0.3, -0.25) is 4.57 Å². The highest BCUT2D eigenvalue weighted by Gasteiger charge is 2.51. The highest BCUT2D eigenvalue weighted by atomic mass is 15.1. The lowest BCUT2D eigenvalue weighted by molar-refractivity contribution is 0.746. The number of nitrogens with zero attached hydrogens (tertiary/aromatic N) is 2. The van der Waals surface area contributed by atoms with Crippen LogP contribution in [0.1, 0.15) is 44.5 Å². The van der Waals surface area contributed by atoms with E-state index in [0.717, 1.165) is 16.9 Å². The largest absolute Gasteiger partial charge is 0.292 e. The van der Waals surface area contributed by atoms with E-state index in [2.05, 4.69) is 223 Å². The fraction of sp³-hybridized carbons (Fsp3) is 0.0351. The third kappa shape index (κ3) is 4.12. The summed E-state index contributed by atoms with van der Waals surface area (Å²) in [5, 5.41) is 0. The van der Waals surface area contributed by atoms with Crippen LogP contribution in [-0.2, 0) is 10.8 Å². The summed E-state index contributed by atoms with van der Waals surface area (Å²) in [5.41, 5.74) is 21.4. The average molecular weight is 749 g/mol. The second-order valence-corrected chi connectivity index (χ2v) is 16.2. The first kappa shape index (κ1) is 32.5. The van der Waals surface area contributed by atoms with E-state index in [4.69, 9.17) is 4.98 Å². The number of imidazole rings is 1. The maximum atomic E-state index is 5.36. The van der Waals surface area contributed by atoms with Crippen LogP contribution in [0.2, 0.25) is 0 Å². The van der Waals surface area contributed by atoms with Crippen molar-refractivity contribution < 1.29 is 0 Å². The lowest BCUT2D eigenvalue weighted by Gasteiger charge is -2.39. The van der Waals surface area contributed by atoms with Gasteiger partial charge in [-0.15, -0.1) is 0 Å². The number of aromatic nitrogens is 2. The Bertz CT molecular complexity index is 3280. The maximum absolute atomic E-state index is 5.36. The molecule has 2 heterocycles. The summed E-state index contributed by atoms with van der Waals surface area (Å²) in [4.78, 5) is 5.36. The first-order valence-corrected chi connectivity index (χ1v) is 20.6. The summed E-state index contributed by atoms with van der Waals surface area (Å²) in [5.74, 6) is 0.968. The van der Waals surface area contributed by atoms with Crippen LogP contribution in [0.4, 0.5) is 0 Å². The van der Waals surface area contributed by atoms with Gasteiger partial charge in [-0.1, -0.05) is 194 Å². The van der Waals surface area contributed by atoms with E-state index >= 15 is 0 Å². The topological polar surface area (TPSA) is 17.8 Å². The molecule has 0 bridgehead atoms. The van der Waals surface area contributed by atoms with Crippen molar-refractivity contribution in [3.63, 3.8) is 0 Å². The molecule has 0 saturated heterocycles. The molecule has 10 aromatic rings. The van der Waals surface area contributed by atoms with E-state index in [1.54, 1.807) is 0 Å². The van der Waals surface area contributed by atoms with Gasteiger partial charge in [0.15, 0.2) is 0 Å². The fourth-order valence-electron chi connectivity index (χ4n) is 11.2. The summed E-state index contributed by atoms with van der Waals surface area (Å²) in [6, 6.07) is 81.1. The van der Waals surface area contributed by atoms with Gasteiger partial charge in [-0.2, -0.15) is 0 Å². The molecule has 13 rings (SSSR count). The lowest BCUT2D eigenvalue weighted by atomic mass is 9.65. The average Bonchev–Trinajstić information content (AvgIpc) is 3.95. The van der Waals surface area contributed by atoms with Crippen LogP contribution < -0.4 is 0 Å². The molecule has 3 aliphatic rings. The Morgan fingerprint density at radius 2 is 0.797 bits per heavy atom. The zero-order chi connectivity index (χ0) is 38.7. The normalized spacial score (nSPS) is 16.0. The Morgan fingerprint density at radius 3 is 1.42 bits per heavy atom. The number of rotatable bonds is 4. The van der Waals surface area contributed by atoms with E-state index in [1.165, 1.54) is 89.1 Å². The van der Waals surface area contributed by atoms with Gasteiger partial charge in [0.25, 0.3) is 0 Å².